The average molecular weight is 377 g/mol. The minimum absolute atomic E-state index is 0.0968. The first kappa shape index (κ1) is 19.7. The van der Waals surface area contributed by atoms with Crippen molar-refractivity contribution in [3.05, 3.63) is 72.3 Å². The number of hydrogen-bond acceptors (Lipinski definition) is 3. The predicted octanol–water partition coefficient (Wildman–Crippen LogP) is 4.29. The summed E-state index contributed by atoms with van der Waals surface area (Å²) in [6, 6.07) is 13.9. The van der Waals surface area contributed by atoms with Gasteiger partial charge in [-0.15, -0.1) is 0 Å². The van der Waals surface area contributed by atoms with E-state index in [0.717, 1.165) is 16.9 Å². The minimum atomic E-state index is -0.102. The number of rotatable bonds is 6. The van der Waals surface area contributed by atoms with Crippen molar-refractivity contribution in [3.63, 3.8) is 0 Å². The Kier molecular flexibility index (Phi) is 5.83. The molecule has 0 spiro atoms. The van der Waals surface area contributed by atoms with E-state index in [4.69, 9.17) is 4.74 Å². The SMILES string of the molecule is COc1ccc(C(=O)NCCn2ccnc2)cc1-c1ccc(C(C)(C)C)cc1. The summed E-state index contributed by atoms with van der Waals surface area (Å²) in [7, 11) is 1.65. The van der Waals surface area contributed by atoms with Gasteiger partial charge < -0.3 is 14.6 Å². The Hall–Kier alpha value is -3.08. The Morgan fingerprint density at radius 3 is 2.50 bits per heavy atom. The number of nitrogens with one attached hydrogen (secondary N) is 1. The van der Waals surface area contributed by atoms with E-state index in [-0.39, 0.29) is 11.3 Å². The first-order valence-electron chi connectivity index (χ1n) is 9.41. The van der Waals surface area contributed by atoms with Crippen LogP contribution in [0.25, 0.3) is 11.1 Å². The van der Waals surface area contributed by atoms with Crippen molar-refractivity contribution in [1.82, 2.24) is 14.9 Å². The van der Waals surface area contributed by atoms with Crippen LogP contribution in [0.2, 0.25) is 0 Å². The molecular formula is C23H27N3O2. The summed E-state index contributed by atoms with van der Waals surface area (Å²) >= 11 is 0. The van der Waals surface area contributed by atoms with Gasteiger partial charge in [-0.05, 0) is 34.7 Å². The quantitative estimate of drug-likeness (QED) is 0.697. The molecule has 2 aromatic carbocycles. The van der Waals surface area contributed by atoms with Crippen LogP contribution in [-0.4, -0.2) is 29.1 Å². The van der Waals surface area contributed by atoms with Gasteiger partial charge in [-0.3, -0.25) is 4.79 Å². The average Bonchev–Trinajstić information content (AvgIpc) is 3.20. The summed E-state index contributed by atoms with van der Waals surface area (Å²) in [5.74, 6) is 0.647. The zero-order chi connectivity index (χ0) is 20.1. The van der Waals surface area contributed by atoms with Crippen LogP contribution in [0.4, 0.5) is 0 Å². The molecule has 5 nitrogen and oxygen atoms in total. The maximum absolute atomic E-state index is 12.6. The van der Waals surface area contributed by atoms with Gasteiger partial charge in [-0.1, -0.05) is 45.0 Å². The number of aromatic nitrogens is 2. The molecule has 0 aliphatic heterocycles. The van der Waals surface area contributed by atoms with E-state index in [1.165, 1.54) is 5.56 Å². The second-order valence-electron chi connectivity index (χ2n) is 7.80. The van der Waals surface area contributed by atoms with E-state index in [1.807, 2.05) is 22.9 Å². The fraction of sp³-hybridized carbons (Fsp3) is 0.304. The van der Waals surface area contributed by atoms with Crippen molar-refractivity contribution >= 4 is 5.91 Å². The lowest BCUT2D eigenvalue weighted by molar-refractivity contribution is 0.0952. The Morgan fingerprint density at radius 1 is 1.14 bits per heavy atom. The zero-order valence-corrected chi connectivity index (χ0v) is 16.9. The molecule has 3 aromatic rings. The number of methoxy groups -OCH3 is 1. The molecule has 0 radical (unpaired) electrons. The van der Waals surface area contributed by atoms with Gasteiger partial charge in [0.25, 0.3) is 5.91 Å². The third kappa shape index (κ3) is 4.60. The van der Waals surface area contributed by atoms with E-state index < -0.39 is 0 Å². The number of amides is 1. The molecule has 0 aliphatic carbocycles. The number of nitrogens with zero attached hydrogens (tertiary/aromatic N) is 2. The van der Waals surface area contributed by atoms with Crippen LogP contribution in [0.5, 0.6) is 5.75 Å². The fourth-order valence-corrected chi connectivity index (χ4v) is 3.04. The molecule has 1 amide bonds. The van der Waals surface area contributed by atoms with Crippen molar-refractivity contribution in [2.45, 2.75) is 32.7 Å². The second-order valence-corrected chi connectivity index (χ2v) is 7.80. The van der Waals surface area contributed by atoms with E-state index in [9.17, 15) is 4.79 Å². The normalized spacial score (nSPS) is 11.3. The zero-order valence-electron chi connectivity index (χ0n) is 16.9. The molecule has 1 aromatic heterocycles. The topological polar surface area (TPSA) is 56.1 Å². The number of imidazole rings is 1. The predicted molar refractivity (Wildman–Crippen MR) is 112 cm³/mol. The summed E-state index contributed by atoms with van der Waals surface area (Å²) in [5.41, 5.74) is 3.91. The van der Waals surface area contributed by atoms with Crippen molar-refractivity contribution in [3.8, 4) is 16.9 Å². The van der Waals surface area contributed by atoms with E-state index in [0.29, 0.717) is 18.7 Å². The minimum Gasteiger partial charge on any atom is -0.496 e. The molecule has 0 unspecified atom stereocenters. The van der Waals surface area contributed by atoms with Gasteiger partial charge in [0.15, 0.2) is 0 Å². The lowest BCUT2D eigenvalue weighted by atomic mass is 9.86. The molecule has 0 bridgehead atoms. The van der Waals surface area contributed by atoms with Crippen LogP contribution < -0.4 is 10.1 Å². The first-order chi connectivity index (χ1) is 13.4. The summed E-state index contributed by atoms with van der Waals surface area (Å²) in [4.78, 5) is 16.6. The molecule has 0 fully saturated rings. The number of hydrogen-bond donors (Lipinski definition) is 1. The Balaban J connectivity index is 1.78. The van der Waals surface area contributed by atoms with Crippen LogP contribution in [0.1, 0.15) is 36.7 Å². The molecule has 0 atom stereocenters. The maximum atomic E-state index is 12.6. The second kappa shape index (κ2) is 8.30. The fourth-order valence-electron chi connectivity index (χ4n) is 3.04. The molecule has 0 saturated heterocycles. The van der Waals surface area contributed by atoms with Gasteiger partial charge >= 0.3 is 0 Å². The summed E-state index contributed by atoms with van der Waals surface area (Å²) < 4.78 is 7.45. The highest BCUT2D eigenvalue weighted by Gasteiger charge is 2.15. The van der Waals surface area contributed by atoms with Crippen LogP contribution in [-0.2, 0) is 12.0 Å². The van der Waals surface area contributed by atoms with Crippen LogP contribution >= 0.6 is 0 Å². The van der Waals surface area contributed by atoms with E-state index >= 15 is 0 Å². The Bertz CT molecular complexity index is 923. The highest BCUT2D eigenvalue weighted by molar-refractivity contribution is 5.96. The number of benzene rings is 2. The van der Waals surface area contributed by atoms with Gasteiger partial charge in [0.1, 0.15) is 5.75 Å². The van der Waals surface area contributed by atoms with E-state index in [2.05, 4.69) is 55.3 Å². The van der Waals surface area contributed by atoms with Gasteiger partial charge in [0.2, 0.25) is 0 Å². The number of carbonyl (C=O) groups excluding carboxylic acids is 1. The van der Waals surface area contributed by atoms with Gasteiger partial charge in [0, 0.05) is 36.6 Å². The highest BCUT2D eigenvalue weighted by atomic mass is 16.5. The molecule has 28 heavy (non-hydrogen) atoms. The molecule has 3 rings (SSSR count). The maximum Gasteiger partial charge on any atom is 0.251 e. The molecule has 146 valence electrons. The first-order valence-corrected chi connectivity index (χ1v) is 9.41. The smallest absolute Gasteiger partial charge is 0.251 e. The van der Waals surface area contributed by atoms with Crippen LogP contribution in [0.15, 0.2) is 61.2 Å². The molecular weight excluding hydrogens is 350 g/mol. The highest BCUT2D eigenvalue weighted by Crippen LogP contribution is 2.32. The Labute approximate surface area is 166 Å². The summed E-state index contributed by atoms with van der Waals surface area (Å²) in [6.07, 6.45) is 5.33. The van der Waals surface area contributed by atoms with Crippen molar-refractivity contribution in [1.29, 1.82) is 0 Å². The van der Waals surface area contributed by atoms with Crippen molar-refractivity contribution in [2.75, 3.05) is 13.7 Å². The summed E-state index contributed by atoms with van der Waals surface area (Å²) in [6.45, 7) is 7.80. The van der Waals surface area contributed by atoms with Crippen molar-refractivity contribution < 1.29 is 9.53 Å². The largest absolute Gasteiger partial charge is 0.496 e. The number of ether oxygens (including phenoxy) is 1. The summed E-state index contributed by atoms with van der Waals surface area (Å²) in [5, 5.41) is 2.95. The molecule has 1 heterocycles. The monoisotopic (exact) mass is 377 g/mol. The third-order valence-corrected chi connectivity index (χ3v) is 4.74. The van der Waals surface area contributed by atoms with Crippen molar-refractivity contribution in [2.24, 2.45) is 0 Å². The molecule has 5 heteroatoms. The van der Waals surface area contributed by atoms with Crippen LogP contribution in [0.3, 0.4) is 0 Å². The standard InChI is InChI=1S/C23H27N3O2/c1-23(2,3)19-8-5-17(6-9-19)20-15-18(7-10-21(20)28-4)22(27)25-12-14-26-13-11-24-16-26/h5-11,13,15-16H,12,14H2,1-4H3,(H,25,27). The molecule has 1 N–H and O–H groups in total. The third-order valence-electron chi connectivity index (χ3n) is 4.74. The van der Waals surface area contributed by atoms with Crippen LogP contribution in [0, 0.1) is 0 Å². The Morgan fingerprint density at radius 2 is 1.89 bits per heavy atom. The van der Waals surface area contributed by atoms with Gasteiger partial charge in [-0.2, -0.15) is 0 Å². The number of carbonyl (C=O) groups is 1. The lowest BCUT2D eigenvalue weighted by Gasteiger charge is -2.19. The molecule has 0 saturated carbocycles. The molecule has 0 aliphatic rings. The lowest BCUT2D eigenvalue weighted by Crippen LogP contribution is -2.27. The van der Waals surface area contributed by atoms with Gasteiger partial charge in [-0.25, -0.2) is 4.98 Å². The van der Waals surface area contributed by atoms with Gasteiger partial charge in [0.05, 0.1) is 13.4 Å². The van der Waals surface area contributed by atoms with E-state index in [1.54, 1.807) is 25.7 Å².